The molecule has 0 atom stereocenters. The SMILES string of the molecule is COCc1ccccc1NC(=O)c1cc(C)nn1C. The Morgan fingerprint density at radius 2 is 2.16 bits per heavy atom. The third-order valence-corrected chi connectivity index (χ3v) is 2.80. The summed E-state index contributed by atoms with van der Waals surface area (Å²) in [5, 5.41) is 7.05. The van der Waals surface area contributed by atoms with Crippen LogP contribution < -0.4 is 5.32 Å². The van der Waals surface area contributed by atoms with E-state index >= 15 is 0 Å². The standard InChI is InChI=1S/C14H17N3O2/c1-10-8-13(17(2)16-10)14(18)15-12-7-5-4-6-11(12)9-19-3/h4-8H,9H2,1-3H3,(H,15,18). The van der Waals surface area contributed by atoms with E-state index in [9.17, 15) is 4.79 Å². The number of anilines is 1. The number of ether oxygens (including phenoxy) is 1. The molecule has 19 heavy (non-hydrogen) atoms. The molecule has 0 saturated heterocycles. The number of rotatable bonds is 4. The lowest BCUT2D eigenvalue weighted by Crippen LogP contribution is -2.17. The Morgan fingerprint density at radius 1 is 1.42 bits per heavy atom. The van der Waals surface area contributed by atoms with E-state index in [0.29, 0.717) is 12.3 Å². The molecule has 0 saturated carbocycles. The summed E-state index contributed by atoms with van der Waals surface area (Å²) in [5.74, 6) is -0.174. The highest BCUT2D eigenvalue weighted by Gasteiger charge is 2.13. The molecular weight excluding hydrogens is 242 g/mol. The molecule has 1 heterocycles. The molecule has 0 bridgehead atoms. The van der Waals surface area contributed by atoms with Crippen molar-refractivity contribution in [2.45, 2.75) is 13.5 Å². The number of amides is 1. The van der Waals surface area contributed by atoms with Gasteiger partial charge in [-0.3, -0.25) is 9.48 Å². The largest absolute Gasteiger partial charge is 0.380 e. The molecule has 2 rings (SSSR count). The van der Waals surface area contributed by atoms with E-state index in [0.717, 1.165) is 16.9 Å². The van der Waals surface area contributed by atoms with Crippen LogP contribution in [0.2, 0.25) is 0 Å². The quantitative estimate of drug-likeness (QED) is 0.915. The van der Waals surface area contributed by atoms with Crippen molar-refractivity contribution in [3.63, 3.8) is 0 Å². The van der Waals surface area contributed by atoms with Gasteiger partial charge in [0.1, 0.15) is 5.69 Å². The smallest absolute Gasteiger partial charge is 0.273 e. The monoisotopic (exact) mass is 259 g/mol. The lowest BCUT2D eigenvalue weighted by Gasteiger charge is -2.10. The second kappa shape index (κ2) is 5.67. The molecule has 0 unspecified atom stereocenters. The van der Waals surface area contributed by atoms with Crippen molar-refractivity contribution in [3.8, 4) is 0 Å². The molecule has 0 spiro atoms. The topological polar surface area (TPSA) is 56.1 Å². The molecule has 1 aromatic carbocycles. The lowest BCUT2D eigenvalue weighted by molar-refractivity contribution is 0.101. The summed E-state index contributed by atoms with van der Waals surface area (Å²) >= 11 is 0. The molecule has 0 aliphatic rings. The lowest BCUT2D eigenvalue weighted by atomic mass is 10.2. The molecule has 1 amide bonds. The third kappa shape index (κ3) is 3.00. The van der Waals surface area contributed by atoms with Gasteiger partial charge in [-0.25, -0.2) is 0 Å². The van der Waals surface area contributed by atoms with Crippen LogP contribution in [-0.2, 0) is 18.4 Å². The predicted octanol–water partition coefficient (Wildman–Crippen LogP) is 2.13. The first-order valence-electron chi connectivity index (χ1n) is 6.00. The summed E-state index contributed by atoms with van der Waals surface area (Å²) in [7, 11) is 3.38. The van der Waals surface area contributed by atoms with Crippen molar-refractivity contribution in [3.05, 3.63) is 47.3 Å². The van der Waals surface area contributed by atoms with Crippen LogP contribution in [0.15, 0.2) is 30.3 Å². The second-order valence-corrected chi connectivity index (χ2v) is 4.34. The third-order valence-electron chi connectivity index (χ3n) is 2.80. The minimum atomic E-state index is -0.174. The van der Waals surface area contributed by atoms with Gasteiger partial charge in [-0.15, -0.1) is 0 Å². The number of nitrogens with one attached hydrogen (secondary N) is 1. The minimum Gasteiger partial charge on any atom is -0.380 e. The molecular formula is C14H17N3O2. The summed E-state index contributed by atoms with van der Waals surface area (Å²) in [5.41, 5.74) is 3.05. The first-order valence-corrected chi connectivity index (χ1v) is 6.00. The number of benzene rings is 1. The maximum absolute atomic E-state index is 12.2. The Hall–Kier alpha value is -2.14. The number of hydrogen-bond donors (Lipinski definition) is 1. The minimum absolute atomic E-state index is 0.174. The zero-order valence-corrected chi connectivity index (χ0v) is 11.3. The maximum Gasteiger partial charge on any atom is 0.273 e. The highest BCUT2D eigenvalue weighted by molar-refractivity contribution is 6.03. The number of hydrogen-bond acceptors (Lipinski definition) is 3. The number of carbonyl (C=O) groups excluding carboxylic acids is 1. The average Bonchev–Trinajstić information content (AvgIpc) is 2.71. The van der Waals surface area contributed by atoms with Gasteiger partial charge >= 0.3 is 0 Å². The summed E-state index contributed by atoms with van der Waals surface area (Å²) in [6.45, 7) is 2.32. The van der Waals surface area contributed by atoms with Crippen molar-refractivity contribution in [2.75, 3.05) is 12.4 Å². The Labute approximate surface area is 112 Å². The molecule has 5 heteroatoms. The number of aromatic nitrogens is 2. The fraction of sp³-hybridized carbons (Fsp3) is 0.286. The van der Waals surface area contributed by atoms with E-state index in [1.54, 1.807) is 24.9 Å². The number of nitrogens with zero attached hydrogens (tertiary/aromatic N) is 2. The molecule has 1 N–H and O–H groups in total. The fourth-order valence-corrected chi connectivity index (χ4v) is 1.93. The van der Waals surface area contributed by atoms with Gasteiger partial charge in [0.05, 0.1) is 12.3 Å². The van der Waals surface area contributed by atoms with Crippen LogP contribution in [0, 0.1) is 6.92 Å². The summed E-state index contributed by atoms with van der Waals surface area (Å²) in [6.07, 6.45) is 0. The fourth-order valence-electron chi connectivity index (χ4n) is 1.93. The Kier molecular flexibility index (Phi) is 3.97. The van der Waals surface area contributed by atoms with E-state index in [4.69, 9.17) is 4.74 Å². The van der Waals surface area contributed by atoms with Crippen LogP contribution >= 0.6 is 0 Å². The molecule has 0 aliphatic heterocycles. The zero-order valence-electron chi connectivity index (χ0n) is 11.3. The molecule has 100 valence electrons. The van der Waals surface area contributed by atoms with Gasteiger partial charge in [0.2, 0.25) is 0 Å². The number of methoxy groups -OCH3 is 1. The zero-order chi connectivity index (χ0) is 13.8. The van der Waals surface area contributed by atoms with Crippen LogP contribution in [0.1, 0.15) is 21.7 Å². The normalized spacial score (nSPS) is 10.5. The van der Waals surface area contributed by atoms with Crippen LogP contribution in [0.5, 0.6) is 0 Å². The number of carbonyl (C=O) groups is 1. The van der Waals surface area contributed by atoms with E-state index in [-0.39, 0.29) is 5.91 Å². The van der Waals surface area contributed by atoms with Gasteiger partial charge in [-0.1, -0.05) is 18.2 Å². The molecule has 5 nitrogen and oxygen atoms in total. The van der Waals surface area contributed by atoms with Gasteiger partial charge in [-0.2, -0.15) is 5.10 Å². The van der Waals surface area contributed by atoms with Gasteiger partial charge < -0.3 is 10.1 Å². The second-order valence-electron chi connectivity index (χ2n) is 4.34. The average molecular weight is 259 g/mol. The van der Waals surface area contributed by atoms with Gasteiger partial charge in [0.15, 0.2) is 0 Å². The first kappa shape index (κ1) is 13.3. The summed E-state index contributed by atoms with van der Waals surface area (Å²) < 4.78 is 6.69. The van der Waals surface area contributed by atoms with Crippen molar-refractivity contribution >= 4 is 11.6 Å². The Morgan fingerprint density at radius 3 is 2.79 bits per heavy atom. The van der Waals surface area contributed by atoms with Crippen molar-refractivity contribution in [1.29, 1.82) is 0 Å². The van der Waals surface area contributed by atoms with E-state index < -0.39 is 0 Å². The van der Waals surface area contributed by atoms with Crippen LogP contribution in [0.25, 0.3) is 0 Å². The highest BCUT2D eigenvalue weighted by Crippen LogP contribution is 2.17. The highest BCUT2D eigenvalue weighted by atomic mass is 16.5. The van der Waals surface area contributed by atoms with Crippen LogP contribution in [0.3, 0.4) is 0 Å². The first-order chi connectivity index (χ1) is 9.11. The number of aryl methyl sites for hydroxylation is 2. The van der Waals surface area contributed by atoms with Crippen LogP contribution in [0.4, 0.5) is 5.69 Å². The molecule has 0 fully saturated rings. The van der Waals surface area contributed by atoms with E-state index in [1.165, 1.54) is 0 Å². The van der Waals surface area contributed by atoms with Gasteiger partial charge in [0.25, 0.3) is 5.91 Å². The maximum atomic E-state index is 12.2. The summed E-state index contributed by atoms with van der Waals surface area (Å²) in [4.78, 5) is 12.2. The molecule has 2 aromatic rings. The van der Waals surface area contributed by atoms with Gasteiger partial charge in [0, 0.05) is 25.4 Å². The van der Waals surface area contributed by atoms with Gasteiger partial charge in [-0.05, 0) is 19.1 Å². The van der Waals surface area contributed by atoms with Crippen molar-refractivity contribution in [2.24, 2.45) is 7.05 Å². The molecule has 1 aromatic heterocycles. The number of para-hydroxylation sites is 1. The van der Waals surface area contributed by atoms with Crippen molar-refractivity contribution in [1.82, 2.24) is 9.78 Å². The Bertz CT molecular complexity index is 590. The van der Waals surface area contributed by atoms with E-state index in [1.807, 2.05) is 31.2 Å². The predicted molar refractivity (Wildman–Crippen MR) is 73.1 cm³/mol. The summed E-state index contributed by atoms with van der Waals surface area (Å²) in [6, 6.07) is 9.33. The molecule has 0 aliphatic carbocycles. The molecule has 0 radical (unpaired) electrons. The Balaban J connectivity index is 2.21. The van der Waals surface area contributed by atoms with Crippen molar-refractivity contribution < 1.29 is 9.53 Å². The van der Waals surface area contributed by atoms with Crippen LogP contribution in [-0.4, -0.2) is 22.8 Å². The van der Waals surface area contributed by atoms with E-state index in [2.05, 4.69) is 10.4 Å².